The van der Waals surface area contributed by atoms with Crippen LogP contribution in [0.3, 0.4) is 0 Å². The lowest BCUT2D eigenvalue weighted by Crippen LogP contribution is -2.50. The van der Waals surface area contributed by atoms with Crippen molar-refractivity contribution in [3.05, 3.63) is 22.4 Å². The third kappa shape index (κ3) is 1.92. The highest BCUT2D eigenvalue weighted by atomic mass is 32.1. The maximum absolute atomic E-state index is 2.68. The van der Waals surface area contributed by atoms with E-state index in [0.717, 1.165) is 6.04 Å². The number of piperazine rings is 1. The Labute approximate surface area is 102 Å². The first-order chi connectivity index (χ1) is 7.84. The van der Waals surface area contributed by atoms with E-state index in [0.29, 0.717) is 6.04 Å². The van der Waals surface area contributed by atoms with Gasteiger partial charge in [-0.05, 0) is 37.8 Å². The molecule has 0 amide bonds. The second-order valence-corrected chi connectivity index (χ2v) is 6.00. The van der Waals surface area contributed by atoms with Gasteiger partial charge >= 0.3 is 0 Å². The van der Waals surface area contributed by atoms with Crippen molar-refractivity contribution < 1.29 is 0 Å². The van der Waals surface area contributed by atoms with Crippen molar-refractivity contribution in [2.75, 3.05) is 26.2 Å². The second-order valence-electron chi connectivity index (χ2n) is 5.02. The van der Waals surface area contributed by atoms with E-state index >= 15 is 0 Å². The number of rotatable bonds is 2. The molecule has 0 N–H and O–H groups in total. The van der Waals surface area contributed by atoms with E-state index in [1.54, 1.807) is 0 Å². The van der Waals surface area contributed by atoms with Gasteiger partial charge in [0.15, 0.2) is 0 Å². The fourth-order valence-corrected chi connectivity index (χ4v) is 3.89. The maximum Gasteiger partial charge on any atom is 0.0414 e. The van der Waals surface area contributed by atoms with Crippen LogP contribution in [0.5, 0.6) is 0 Å². The lowest BCUT2D eigenvalue weighted by atomic mass is 10.1. The molecule has 2 fully saturated rings. The molecule has 3 heterocycles. The smallest absolute Gasteiger partial charge is 0.0414 e. The van der Waals surface area contributed by atoms with Gasteiger partial charge in [0.2, 0.25) is 0 Å². The quantitative estimate of drug-likeness (QED) is 0.779. The first-order valence-electron chi connectivity index (χ1n) is 6.36. The predicted molar refractivity (Wildman–Crippen MR) is 68.9 cm³/mol. The first kappa shape index (κ1) is 10.8. The summed E-state index contributed by atoms with van der Waals surface area (Å²) in [6.45, 7) is 7.50. The Balaban J connectivity index is 1.67. The summed E-state index contributed by atoms with van der Waals surface area (Å²) < 4.78 is 0. The zero-order valence-corrected chi connectivity index (χ0v) is 10.7. The van der Waals surface area contributed by atoms with Crippen molar-refractivity contribution in [1.29, 1.82) is 0 Å². The number of nitrogens with zero attached hydrogens (tertiary/aromatic N) is 2. The summed E-state index contributed by atoms with van der Waals surface area (Å²) in [6, 6.07) is 5.90. The van der Waals surface area contributed by atoms with E-state index in [1.807, 2.05) is 11.3 Å². The Hall–Kier alpha value is -0.380. The molecule has 1 aromatic rings. The summed E-state index contributed by atoms with van der Waals surface area (Å²) in [6.07, 6.45) is 2.82. The van der Waals surface area contributed by atoms with E-state index in [-0.39, 0.29) is 0 Å². The van der Waals surface area contributed by atoms with Crippen LogP contribution in [0.1, 0.15) is 30.7 Å². The lowest BCUT2D eigenvalue weighted by molar-refractivity contribution is 0.0781. The minimum atomic E-state index is 0.614. The van der Waals surface area contributed by atoms with Gasteiger partial charge in [0.05, 0.1) is 0 Å². The van der Waals surface area contributed by atoms with Crippen LogP contribution in [0.15, 0.2) is 17.5 Å². The molecule has 2 atom stereocenters. The van der Waals surface area contributed by atoms with Crippen LogP contribution in [-0.2, 0) is 0 Å². The molecule has 3 rings (SSSR count). The van der Waals surface area contributed by atoms with Gasteiger partial charge in [-0.1, -0.05) is 6.07 Å². The van der Waals surface area contributed by atoms with Gasteiger partial charge in [-0.3, -0.25) is 9.80 Å². The highest BCUT2D eigenvalue weighted by Crippen LogP contribution is 2.29. The van der Waals surface area contributed by atoms with Crippen molar-refractivity contribution in [2.24, 2.45) is 0 Å². The summed E-state index contributed by atoms with van der Waals surface area (Å²) >= 11 is 1.89. The maximum atomic E-state index is 2.68. The van der Waals surface area contributed by atoms with Crippen molar-refractivity contribution in [2.45, 2.75) is 31.8 Å². The van der Waals surface area contributed by atoms with E-state index in [4.69, 9.17) is 0 Å². The Kier molecular flexibility index (Phi) is 3.01. The van der Waals surface area contributed by atoms with Crippen LogP contribution >= 0.6 is 11.3 Å². The molecule has 0 spiro atoms. The molecule has 3 heteroatoms. The Bertz CT molecular complexity index is 336. The molecule has 2 aliphatic heterocycles. The van der Waals surface area contributed by atoms with Crippen LogP contribution in [0.4, 0.5) is 0 Å². The summed E-state index contributed by atoms with van der Waals surface area (Å²) in [5, 5.41) is 2.19. The standard InChI is InChI=1S/C13H20N2S/c1-11(13-5-3-9-16-13)15-8-7-14-6-2-4-12(14)10-15/h3,5,9,11-12H,2,4,6-8,10H2,1H3. The molecule has 2 aliphatic rings. The fraction of sp³-hybridized carbons (Fsp3) is 0.692. The molecule has 1 aromatic heterocycles. The molecular weight excluding hydrogens is 216 g/mol. The average Bonchev–Trinajstić information content (AvgIpc) is 2.98. The third-order valence-corrected chi connectivity index (χ3v) is 5.16. The first-order valence-corrected chi connectivity index (χ1v) is 7.24. The minimum Gasteiger partial charge on any atom is -0.298 e. The molecule has 2 unspecified atom stereocenters. The van der Waals surface area contributed by atoms with Gasteiger partial charge in [0.25, 0.3) is 0 Å². The van der Waals surface area contributed by atoms with Crippen molar-refractivity contribution in [1.82, 2.24) is 9.80 Å². The molecule has 0 aliphatic carbocycles. The zero-order valence-electron chi connectivity index (χ0n) is 9.93. The van der Waals surface area contributed by atoms with Crippen LogP contribution in [0.25, 0.3) is 0 Å². The van der Waals surface area contributed by atoms with E-state index in [2.05, 4.69) is 34.2 Å². The highest BCUT2D eigenvalue weighted by Gasteiger charge is 2.32. The van der Waals surface area contributed by atoms with Gasteiger partial charge in [-0.25, -0.2) is 0 Å². The summed E-state index contributed by atoms with van der Waals surface area (Å²) in [5.74, 6) is 0. The van der Waals surface area contributed by atoms with Crippen LogP contribution in [0, 0.1) is 0 Å². The summed E-state index contributed by atoms with van der Waals surface area (Å²) in [7, 11) is 0. The normalized spacial score (nSPS) is 29.2. The van der Waals surface area contributed by atoms with Crippen LogP contribution < -0.4 is 0 Å². The SMILES string of the molecule is CC(c1cccs1)N1CCN2CCCC2C1. The molecule has 0 saturated carbocycles. The molecule has 2 nitrogen and oxygen atoms in total. The van der Waals surface area contributed by atoms with Crippen molar-refractivity contribution >= 4 is 11.3 Å². The highest BCUT2D eigenvalue weighted by molar-refractivity contribution is 7.10. The van der Waals surface area contributed by atoms with E-state index in [1.165, 1.54) is 43.9 Å². The average molecular weight is 236 g/mol. The number of hydrogen-bond acceptors (Lipinski definition) is 3. The molecule has 88 valence electrons. The lowest BCUT2D eigenvalue weighted by Gasteiger charge is -2.40. The Morgan fingerprint density at radius 1 is 1.38 bits per heavy atom. The summed E-state index contributed by atoms with van der Waals surface area (Å²) in [4.78, 5) is 6.86. The van der Waals surface area contributed by atoms with Crippen LogP contribution in [0.2, 0.25) is 0 Å². The second kappa shape index (κ2) is 4.47. The zero-order chi connectivity index (χ0) is 11.0. The number of hydrogen-bond donors (Lipinski definition) is 0. The Morgan fingerprint density at radius 2 is 2.31 bits per heavy atom. The van der Waals surface area contributed by atoms with Gasteiger partial charge in [-0.2, -0.15) is 0 Å². The third-order valence-electron chi connectivity index (χ3n) is 4.12. The van der Waals surface area contributed by atoms with Gasteiger partial charge in [-0.15, -0.1) is 11.3 Å². The monoisotopic (exact) mass is 236 g/mol. The largest absolute Gasteiger partial charge is 0.298 e. The molecule has 0 aromatic carbocycles. The molecule has 16 heavy (non-hydrogen) atoms. The van der Waals surface area contributed by atoms with Gasteiger partial charge in [0.1, 0.15) is 0 Å². The Morgan fingerprint density at radius 3 is 3.12 bits per heavy atom. The number of fused-ring (bicyclic) bond motifs is 1. The molecule has 0 bridgehead atoms. The van der Waals surface area contributed by atoms with E-state index in [9.17, 15) is 0 Å². The summed E-state index contributed by atoms with van der Waals surface area (Å²) in [5.41, 5.74) is 0. The van der Waals surface area contributed by atoms with Gasteiger partial charge in [0, 0.05) is 36.6 Å². The fourth-order valence-electron chi connectivity index (χ4n) is 3.08. The van der Waals surface area contributed by atoms with Gasteiger partial charge < -0.3 is 0 Å². The van der Waals surface area contributed by atoms with Crippen molar-refractivity contribution in [3.8, 4) is 0 Å². The molecular formula is C13H20N2S. The molecule has 0 radical (unpaired) electrons. The molecule has 2 saturated heterocycles. The number of thiophene rings is 1. The minimum absolute atomic E-state index is 0.614. The topological polar surface area (TPSA) is 6.48 Å². The van der Waals surface area contributed by atoms with Crippen molar-refractivity contribution in [3.63, 3.8) is 0 Å². The van der Waals surface area contributed by atoms with E-state index < -0.39 is 0 Å². The predicted octanol–water partition coefficient (Wildman–Crippen LogP) is 2.59. The van der Waals surface area contributed by atoms with Crippen LogP contribution in [-0.4, -0.2) is 42.0 Å².